The van der Waals surface area contributed by atoms with Crippen LogP contribution in [0.25, 0.3) is 0 Å². The summed E-state index contributed by atoms with van der Waals surface area (Å²) in [5.41, 5.74) is 0.0986. The summed E-state index contributed by atoms with van der Waals surface area (Å²) in [5.74, 6) is 2.35. The first-order valence-corrected chi connectivity index (χ1v) is 13.8. The molecule has 0 spiro atoms. The van der Waals surface area contributed by atoms with E-state index in [0.29, 0.717) is 48.7 Å². The number of aliphatic carboxylic acids is 1. The first-order chi connectivity index (χ1) is 16.2. The van der Waals surface area contributed by atoms with E-state index in [-0.39, 0.29) is 17.9 Å². The Morgan fingerprint density at radius 1 is 1.24 bits per heavy atom. The summed E-state index contributed by atoms with van der Waals surface area (Å²) in [5, 5.41) is 24.3. The molecule has 2 unspecified atom stereocenters. The maximum Gasteiger partial charge on any atom is 0.308 e. The highest BCUT2D eigenvalue weighted by atomic mass is 32.2. The Balaban J connectivity index is 1.33. The van der Waals surface area contributed by atoms with Crippen molar-refractivity contribution >= 4 is 29.5 Å². The van der Waals surface area contributed by atoms with E-state index in [4.69, 9.17) is 4.98 Å². The second-order valence-electron chi connectivity index (χ2n) is 11.5. The van der Waals surface area contributed by atoms with Gasteiger partial charge in [-0.2, -0.15) is 0 Å². The van der Waals surface area contributed by atoms with Crippen LogP contribution in [0.4, 0.5) is 5.82 Å². The van der Waals surface area contributed by atoms with E-state index < -0.39 is 11.6 Å². The lowest BCUT2D eigenvalue weighted by Gasteiger charge is -2.58. The number of nitrogens with one attached hydrogen (secondary N) is 1. The van der Waals surface area contributed by atoms with Gasteiger partial charge in [0.15, 0.2) is 0 Å². The number of anilines is 1. The molecule has 34 heavy (non-hydrogen) atoms. The number of nitrogens with zero attached hydrogens (tertiary/aromatic N) is 2. The Hall–Kier alpha value is -1.80. The topological polar surface area (TPSA) is 103 Å². The molecular weight excluding hydrogens is 450 g/mol. The summed E-state index contributed by atoms with van der Waals surface area (Å²) in [6, 6.07) is 3.87. The first kappa shape index (κ1) is 23.9. The summed E-state index contributed by atoms with van der Waals surface area (Å²) >= 11 is 1.62. The van der Waals surface area contributed by atoms with Crippen molar-refractivity contribution in [2.45, 2.75) is 75.5 Å². The minimum absolute atomic E-state index is 0.0691. The fraction of sp³-hybridized carbons (Fsp3) is 0.731. The molecule has 1 aliphatic heterocycles. The van der Waals surface area contributed by atoms with Crippen LogP contribution in [0.2, 0.25) is 0 Å². The lowest BCUT2D eigenvalue weighted by atomic mass is 9.52. The van der Waals surface area contributed by atoms with Crippen molar-refractivity contribution in [1.82, 2.24) is 10.3 Å². The highest BCUT2D eigenvalue weighted by Gasteiger charge is 2.55. The minimum atomic E-state index is -0.759. The molecule has 0 aromatic carbocycles. The van der Waals surface area contributed by atoms with E-state index >= 15 is 0 Å². The van der Waals surface area contributed by atoms with Gasteiger partial charge < -0.3 is 20.4 Å². The van der Waals surface area contributed by atoms with Crippen molar-refractivity contribution in [3.8, 4) is 0 Å². The van der Waals surface area contributed by atoms with Crippen LogP contribution in [0.15, 0.2) is 17.2 Å². The van der Waals surface area contributed by atoms with Crippen LogP contribution in [0, 0.1) is 29.6 Å². The van der Waals surface area contributed by atoms with Crippen LogP contribution in [0.5, 0.6) is 0 Å². The van der Waals surface area contributed by atoms with Crippen LogP contribution in [0.3, 0.4) is 0 Å². The molecule has 8 heteroatoms. The van der Waals surface area contributed by atoms with Crippen molar-refractivity contribution in [3.63, 3.8) is 0 Å². The van der Waals surface area contributed by atoms with Gasteiger partial charge in [-0.1, -0.05) is 13.8 Å². The van der Waals surface area contributed by atoms with Gasteiger partial charge in [-0.25, -0.2) is 4.98 Å². The van der Waals surface area contributed by atoms with Crippen LogP contribution in [0.1, 0.15) is 69.2 Å². The molecule has 1 saturated heterocycles. The molecule has 5 fully saturated rings. The first-order valence-electron chi connectivity index (χ1n) is 12.9. The van der Waals surface area contributed by atoms with E-state index in [1.165, 1.54) is 0 Å². The van der Waals surface area contributed by atoms with Crippen molar-refractivity contribution in [1.29, 1.82) is 0 Å². The highest BCUT2D eigenvalue weighted by molar-refractivity contribution is 7.99. The summed E-state index contributed by atoms with van der Waals surface area (Å²) in [7, 11) is 0. The van der Waals surface area contributed by atoms with Gasteiger partial charge in [-0.3, -0.25) is 9.59 Å². The quantitative estimate of drug-likeness (QED) is 0.479. The smallest absolute Gasteiger partial charge is 0.308 e. The number of pyridine rings is 1. The predicted molar refractivity (Wildman–Crippen MR) is 132 cm³/mol. The molecule has 4 bridgehead atoms. The normalized spacial score (nSPS) is 34.1. The highest BCUT2D eigenvalue weighted by Crippen LogP contribution is 2.55. The number of aliphatic hydroxyl groups is 1. The number of hydrogen-bond donors (Lipinski definition) is 3. The number of amides is 1. The minimum Gasteiger partial charge on any atom is -0.481 e. The Morgan fingerprint density at radius 2 is 1.97 bits per heavy atom. The number of aromatic nitrogens is 1. The maximum absolute atomic E-state index is 13.5. The molecule has 186 valence electrons. The fourth-order valence-electron chi connectivity index (χ4n) is 6.90. The van der Waals surface area contributed by atoms with Gasteiger partial charge in [-0.05, 0) is 86.5 Å². The van der Waals surface area contributed by atoms with E-state index in [1.54, 1.807) is 11.8 Å². The van der Waals surface area contributed by atoms with Crippen LogP contribution in [-0.4, -0.2) is 57.6 Å². The van der Waals surface area contributed by atoms with Gasteiger partial charge in [0.2, 0.25) is 0 Å². The van der Waals surface area contributed by atoms with Crippen molar-refractivity contribution in [2.24, 2.45) is 29.6 Å². The van der Waals surface area contributed by atoms with E-state index in [9.17, 15) is 19.8 Å². The van der Waals surface area contributed by atoms with Crippen molar-refractivity contribution in [2.75, 3.05) is 23.7 Å². The summed E-state index contributed by atoms with van der Waals surface area (Å²) < 4.78 is 0. The third kappa shape index (κ3) is 4.81. The largest absolute Gasteiger partial charge is 0.481 e. The number of thioether (sulfide) groups is 1. The average Bonchev–Trinajstić information content (AvgIpc) is 3.25. The van der Waals surface area contributed by atoms with Gasteiger partial charge in [0.1, 0.15) is 10.8 Å². The second-order valence-corrected chi connectivity index (χ2v) is 12.6. The molecule has 4 saturated carbocycles. The Bertz CT molecular complexity index is 938. The summed E-state index contributed by atoms with van der Waals surface area (Å²) in [4.78, 5) is 31.8. The lowest BCUT2D eigenvalue weighted by Crippen LogP contribution is -2.61. The van der Waals surface area contributed by atoms with Gasteiger partial charge in [0.25, 0.3) is 5.91 Å². The van der Waals surface area contributed by atoms with E-state index in [2.05, 4.69) is 19.2 Å². The zero-order valence-corrected chi connectivity index (χ0v) is 21.0. The van der Waals surface area contributed by atoms with Crippen LogP contribution >= 0.6 is 11.8 Å². The Labute approximate surface area is 206 Å². The van der Waals surface area contributed by atoms with Gasteiger partial charge in [0.05, 0.1) is 17.1 Å². The standard InChI is InChI=1S/C26H37N3O4S/c1-15(2)6-8-34-24-20(3-4-21(27-24)29-7-5-17(14-29)25(31)32)23(30)28-22-18-9-16-10-19(22)13-26(33,11-16)12-18/h3-4,15-19,22,33H,5-14H2,1-2H3,(H,28,30)(H,31,32)/t16?,17-,18?,19?,22?,26?/m1/s1. The molecule has 2 heterocycles. The molecule has 1 amide bonds. The van der Waals surface area contributed by atoms with Crippen LogP contribution in [-0.2, 0) is 4.79 Å². The fourth-order valence-corrected chi connectivity index (χ4v) is 8.15. The number of hydrogen-bond acceptors (Lipinski definition) is 6. The van der Waals surface area contributed by atoms with Crippen molar-refractivity contribution in [3.05, 3.63) is 17.7 Å². The molecule has 1 aromatic rings. The third-order valence-electron chi connectivity index (χ3n) is 8.42. The number of carboxylic acid groups (broad SMARTS) is 1. The van der Waals surface area contributed by atoms with Gasteiger partial charge >= 0.3 is 5.97 Å². The lowest BCUT2D eigenvalue weighted by molar-refractivity contribution is -0.141. The Morgan fingerprint density at radius 3 is 2.59 bits per heavy atom. The second kappa shape index (κ2) is 9.34. The summed E-state index contributed by atoms with van der Waals surface area (Å²) in [6.45, 7) is 5.50. The zero-order chi connectivity index (χ0) is 24.0. The molecule has 4 aliphatic carbocycles. The predicted octanol–water partition coefficient (Wildman–Crippen LogP) is 3.80. The zero-order valence-electron chi connectivity index (χ0n) is 20.2. The number of carbonyl (C=O) groups excluding carboxylic acids is 1. The molecule has 6 rings (SSSR count). The number of rotatable bonds is 8. The van der Waals surface area contributed by atoms with Crippen molar-refractivity contribution < 1.29 is 19.8 Å². The molecule has 5 aliphatic rings. The number of carbonyl (C=O) groups is 2. The monoisotopic (exact) mass is 487 g/mol. The molecule has 3 atom stereocenters. The molecule has 3 N–H and O–H groups in total. The molecular formula is C26H37N3O4S. The van der Waals surface area contributed by atoms with Crippen LogP contribution < -0.4 is 10.2 Å². The molecule has 0 radical (unpaired) electrons. The van der Waals surface area contributed by atoms with E-state index in [1.807, 2.05) is 17.0 Å². The van der Waals surface area contributed by atoms with Gasteiger partial charge in [0, 0.05) is 19.1 Å². The SMILES string of the molecule is CC(C)CCSc1nc(N2CC[C@@H](C(=O)O)C2)ccc1C(=O)NC1C2CC3CC1CC(O)(C3)C2. The summed E-state index contributed by atoms with van der Waals surface area (Å²) in [6.07, 6.45) is 6.41. The molecule has 7 nitrogen and oxygen atoms in total. The van der Waals surface area contributed by atoms with E-state index in [0.717, 1.165) is 55.1 Å². The average molecular weight is 488 g/mol. The van der Waals surface area contributed by atoms with Gasteiger partial charge in [-0.15, -0.1) is 11.8 Å². The Kier molecular flexibility index (Phi) is 6.57. The molecule has 1 aromatic heterocycles. The third-order valence-corrected chi connectivity index (χ3v) is 9.45. The number of carboxylic acids is 1. The maximum atomic E-state index is 13.5.